The smallest absolute Gasteiger partial charge is 0.156 e. The Morgan fingerprint density at radius 2 is 1.88 bits per heavy atom. The monoisotopic (exact) mass is 251 g/mol. The van der Waals surface area contributed by atoms with Crippen LogP contribution in [0.4, 0.5) is 0 Å². The lowest BCUT2D eigenvalue weighted by molar-refractivity contribution is 0.185. The molecule has 98 valence electrons. The molecule has 1 N–H and O–H groups in total. The van der Waals surface area contributed by atoms with Crippen molar-refractivity contribution in [1.29, 1.82) is 0 Å². The van der Waals surface area contributed by atoms with Gasteiger partial charge in [0.2, 0.25) is 0 Å². The van der Waals surface area contributed by atoms with Crippen LogP contribution in [0.2, 0.25) is 0 Å². The van der Waals surface area contributed by atoms with Crippen molar-refractivity contribution in [2.45, 2.75) is 44.9 Å². The first-order valence-electron chi connectivity index (χ1n) is 5.65. The van der Waals surface area contributed by atoms with Gasteiger partial charge in [-0.15, -0.1) is 0 Å². The zero-order chi connectivity index (χ0) is 12.8. The van der Waals surface area contributed by atoms with Crippen molar-refractivity contribution >= 4 is 9.84 Å². The molecular formula is C11H25NO3S. The summed E-state index contributed by atoms with van der Waals surface area (Å²) in [6, 6.07) is 0.287. The van der Waals surface area contributed by atoms with E-state index in [4.69, 9.17) is 4.74 Å². The minimum atomic E-state index is -3.01. The second-order valence-corrected chi connectivity index (χ2v) is 7.93. The van der Waals surface area contributed by atoms with Gasteiger partial charge in [0.25, 0.3) is 0 Å². The predicted molar refractivity (Wildman–Crippen MR) is 67.5 cm³/mol. The Balaban J connectivity index is 3.91. The molecular weight excluding hydrogens is 226 g/mol. The molecule has 4 nitrogen and oxygen atoms in total. The van der Waals surface area contributed by atoms with Crippen LogP contribution >= 0.6 is 0 Å². The van der Waals surface area contributed by atoms with Gasteiger partial charge in [-0.05, 0) is 34.1 Å². The van der Waals surface area contributed by atoms with Gasteiger partial charge < -0.3 is 10.1 Å². The van der Waals surface area contributed by atoms with Crippen LogP contribution in [0.3, 0.4) is 0 Å². The molecule has 1 unspecified atom stereocenters. The highest BCUT2D eigenvalue weighted by molar-refractivity contribution is 7.92. The lowest BCUT2D eigenvalue weighted by atomic mass is 10.2. The van der Waals surface area contributed by atoms with Crippen LogP contribution < -0.4 is 5.32 Å². The van der Waals surface area contributed by atoms with E-state index >= 15 is 0 Å². The lowest BCUT2D eigenvalue weighted by Gasteiger charge is -2.20. The number of nitrogens with one attached hydrogen (secondary N) is 1. The van der Waals surface area contributed by atoms with Gasteiger partial charge in [0.15, 0.2) is 9.84 Å². The molecule has 0 aliphatic rings. The van der Waals surface area contributed by atoms with Crippen LogP contribution in [0.15, 0.2) is 0 Å². The summed E-state index contributed by atoms with van der Waals surface area (Å²) >= 11 is 0. The minimum Gasteiger partial charge on any atom is -0.385 e. The van der Waals surface area contributed by atoms with E-state index in [-0.39, 0.29) is 11.8 Å². The van der Waals surface area contributed by atoms with E-state index in [1.54, 1.807) is 27.9 Å². The normalized spacial score (nSPS) is 15.1. The Hall–Kier alpha value is -0.130. The molecule has 5 heteroatoms. The van der Waals surface area contributed by atoms with Crippen LogP contribution in [0.5, 0.6) is 0 Å². The van der Waals surface area contributed by atoms with Crippen molar-refractivity contribution in [1.82, 2.24) is 5.32 Å². The zero-order valence-corrected chi connectivity index (χ0v) is 11.9. The van der Waals surface area contributed by atoms with Gasteiger partial charge in [0.1, 0.15) is 0 Å². The molecule has 0 radical (unpaired) electrons. The molecule has 0 aromatic carbocycles. The van der Waals surface area contributed by atoms with E-state index in [0.717, 1.165) is 6.42 Å². The Kier molecular flexibility index (Phi) is 6.51. The fraction of sp³-hybridized carbons (Fsp3) is 1.00. The fourth-order valence-corrected chi connectivity index (χ4v) is 2.14. The average Bonchev–Trinajstić information content (AvgIpc) is 2.12. The number of hydrogen-bond acceptors (Lipinski definition) is 4. The first-order chi connectivity index (χ1) is 7.20. The summed E-state index contributed by atoms with van der Waals surface area (Å²) in [4.78, 5) is 0. The number of ether oxygens (including phenoxy) is 1. The van der Waals surface area contributed by atoms with Crippen LogP contribution in [-0.4, -0.2) is 45.2 Å². The van der Waals surface area contributed by atoms with Crippen molar-refractivity contribution in [2.24, 2.45) is 0 Å². The standard InChI is InChI=1S/C11H25NO3S/c1-10(6-8-15-5)12-7-9-16(13,14)11(2,3)4/h10,12H,6-9H2,1-5H3. The Bertz CT molecular complexity index is 280. The van der Waals surface area contributed by atoms with Gasteiger partial charge in [-0.2, -0.15) is 0 Å². The van der Waals surface area contributed by atoms with Gasteiger partial charge in [0, 0.05) is 26.3 Å². The van der Waals surface area contributed by atoms with Gasteiger partial charge in [-0.25, -0.2) is 8.42 Å². The topological polar surface area (TPSA) is 55.4 Å². The number of rotatable bonds is 7. The molecule has 0 aliphatic carbocycles. The van der Waals surface area contributed by atoms with E-state index in [9.17, 15) is 8.42 Å². The van der Waals surface area contributed by atoms with Gasteiger partial charge in [-0.1, -0.05) is 0 Å². The summed E-state index contributed by atoms with van der Waals surface area (Å²) in [5.41, 5.74) is 0. The van der Waals surface area contributed by atoms with Gasteiger partial charge >= 0.3 is 0 Å². The highest BCUT2D eigenvalue weighted by Gasteiger charge is 2.28. The lowest BCUT2D eigenvalue weighted by Crippen LogP contribution is -2.37. The highest BCUT2D eigenvalue weighted by Crippen LogP contribution is 2.15. The molecule has 0 saturated carbocycles. The fourth-order valence-electron chi connectivity index (χ4n) is 1.14. The summed E-state index contributed by atoms with van der Waals surface area (Å²) in [5, 5.41) is 3.19. The predicted octanol–water partition coefficient (Wildman–Crippen LogP) is 1.21. The molecule has 1 atom stereocenters. The summed E-state index contributed by atoms with van der Waals surface area (Å²) in [7, 11) is -1.34. The van der Waals surface area contributed by atoms with Crippen LogP contribution in [0.25, 0.3) is 0 Å². The van der Waals surface area contributed by atoms with E-state index in [0.29, 0.717) is 13.2 Å². The molecule has 0 rings (SSSR count). The largest absolute Gasteiger partial charge is 0.385 e. The molecule has 16 heavy (non-hydrogen) atoms. The Morgan fingerprint density at radius 3 is 2.31 bits per heavy atom. The van der Waals surface area contributed by atoms with Crippen molar-refractivity contribution in [3.63, 3.8) is 0 Å². The van der Waals surface area contributed by atoms with Crippen LogP contribution in [0.1, 0.15) is 34.1 Å². The zero-order valence-electron chi connectivity index (χ0n) is 11.0. The Morgan fingerprint density at radius 1 is 1.31 bits per heavy atom. The highest BCUT2D eigenvalue weighted by atomic mass is 32.2. The van der Waals surface area contributed by atoms with Crippen LogP contribution in [0, 0.1) is 0 Å². The first kappa shape index (κ1) is 15.9. The molecule has 0 saturated heterocycles. The molecule has 0 amide bonds. The second kappa shape index (κ2) is 6.57. The maximum absolute atomic E-state index is 11.8. The second-order valence-electron chi connectivity index (χ2n) is 5.07. The third-order valence-corrected chi connectivity index (χ3v) is 5.16. The van der Waals surface area contributed by atoms with Crippen LogP contribution in [-0.2, 0) is 14.6 Å². The van der Waals surface area contributed by atoms with E-state index in [1.165, 1.54) is 0 Å². The van der Waals surface area contributed by atoms with Crippen molar-refractivity contribution in [3.8, 4) is 0 Å². The van der Waals surface area contributed by atoms with Gasteiger partial charge in [0.05, 0.1) is 10.5 Å². The van der Waals surface area contributed by atoms with Gasteiger partial charge in [-0.3, -0.25) is 0 Å². The van der Waals surface area contributed by atoms with Crippen molar-refractivity contribution < 1.29 is 13.2 Å². The third-order valence-electron chi connectivity index (χ3n) is 2.55. The molecule has 0 fully saturated rings. The number of hydrogen-bond donors (Lipinski definition) is 1. The summed E-state index contributed by atoms with van der Waals surface area (Å²) in [6.45, 7) is 8.43. The molecule has 0 aliphatic heterocycles. The SMILES string of the molecule is COCCC(C)NCCS(=O)(=O)C(C)(C)C. The number of sulfone groups is 1. The molecule has 0 aromatic rings. The summed E-state index contributed by atoms with van der Waals surface area (Å²) in [6.07, 6.45) is 0.895. The molecule has 0 aromatic heterocycles. The maximum atomic E-state index is 11.8. The maximum Gasteiger partial charge on any atom is 0.156 e. The average molecular weight is 251 g/mol. The number of methoxy groups -OCH3 is 1. The quantitative estimate of drug-likeness (QED) is 0.739. The van der Waals surface area contributed by atoms with E-state index < -0.39 is 14.6 Å². The first-order valence-corrected chi connectivity index (χ1v) is 7.30. The summed E-state index contributed by atoms with van der Waals surface area (Å²) in [5.74, 6) is 0.188. The van der Waals surface area contributed by atoms with E-state index in [1.807, 2.05) is 6.92 Å². The molecule has 0 spiro atoms. The third kappa shape index (κ3) is 5.82. The van der Waals surface area contributed by atoms with E-state index in [2.05, 4.69) is 5.32 Å². The minimum absolute atomic E-state index is 0.188. The molecule has 0 bridgehead atoms. The summed E-state index contributed by atoms with van der Waals surface area (Å²) < 4.78 is 27.9. The van der Waals surface area contributed by atoms with Crippen molar-refractivity contribution in [2.75, 3.05) is 26.0 Å². The Labute approximate surface area is 99.7 Å². The molecule has 0 heterocycles. The van der Waals surface area contributed by atoms with Crippen molar-refractivity contribution in [3.05, 3.63) is 0 Å².